The summed E-state index contributed by atoms with van der Waals surface area (Å²) in [6, 6.07) is 8.53. The van der Waals surface area contributed by atoms with Gasteiger partial charge in [-0.2, -0.15) is 0 Å². The normalized spacial score (nSPS) is 20.3. The second kappa shape index (κ2) is 10.6. The number of H-pyrrole nitrogens is 1. The van der Waals surface area contributed by atoms with Crippen LogP contribution < -0.4 is 5.56 Å². The van der Waals surface area contributed by atoms with Crippen LogP contribution in [0.2, 0.25) is 0 Å². The number of aryl methyl sites for hydroxylation is 1. The number of pyridine rings is 1. The second-order valence-corrected chi connectivity index (χ2v) is 10.7. The molecule has 0 radical (unpaired) electrons. The zero-order valence-corrected chi connectivity index (χ0v) is 21.2. The summed E-state index contributed by atoms with van der Waals surface area (Å²) in [5.41, 5.74) is 2.78. The Hall–Kier alpha value is -2.58. The van der Waals surface area contributed by atoms with Crippen molar-refractivity contribution in [2.45, 2.75) is 90.4 Å². The van der Waals surface area contributed by atoms with Gasteiger partial charge >= 0.3 is 0 Å². The van der Waals surface area contributed by atoms with E-state index in [2.05, 4.69) is 56.9 Å². The molecule has 2 fully saturated rings. The number of rotatable bonds is 8. The quantitative estimate of drug-likeness (QED) is 0.505. The lowest BCUT2D eigenvalue weighted by Gasteiger charge is -2.36. The van der Waals surface area contributed by atoms with Crippen LogP contribution in [-0.2, 0) is 11.3 Å². The largest absolute Gasteiger partial charge is 0.377 e. The fraction of sp³-hybridized carbons (Fsp3) is 0.630. The van der Waals surface area contributed by atoms with Gasteiger partial charge in [-0.15, -0.1) is 5.10 Å². The number of nitrogens with one attached hydrogen (secondary N) is 1. The SMILES string of the molecule is Cc1ccc2[nH]c(=O)c(CN(C[C@H]3CCCO3)[C@H](c3nnnn3C3CCCCC3)C(C)C)cc2c1. The number of aromatic amines is 1. The minimum Gasteiger partial charge on any atom is -0.377 e. The minimum atomic E-state index is -0.0342. The van der Waals surface area contributed by atoms with Crippen molar-refractivity contribution in [3.8, 4) is 0 Å². The van der Waals surface area contributed by atoms with E-state index in [1.54, 1.807) is 0 Å². The van der Waals surface area contributed by atoms with Crippen LogP contribution in [0.3, 0.4) is 0 Å². The molecule has 3 heterocycles. The molecule has 1 N–H and O–H groups in total. The Morgan fingerprint density at radius 3 is 2.71 bits per heavy atom. The third kappa shape index (κ3) is 5.33. The number of fused-ring (bicyclic) bond motifs is 1. The molecule has 1 aliphatic heterocycles. The lowest BCUT2D eigenvalue weighted by atomic mass is 9.94. The van der Waals surface area contributed by atoms with Crippen molar-refractivity contribution in [1.29, 1.82) is 0 Å². The first-order valence-corrected chi connectivity index (χ1v) is 13.3. The Morgan fingerprint density at radius 2 is 1.97 bits per heavy atom. The fourth-order valence-electron chi connectivity index (χ4n) is 5.90. The maximum Gasteiger partial charge on any atom is 0.252 e. The number of ether oxygens (including phenoxy) is 1. The van der Waals surface area contributed by atoms with E-state index >= 15 is 0 Å². The molecule has 1 aliphatic carbocycles. The van der Waals surface area contributed by atoms with Gasteiger partial charge in [0.05, 0.1) is 18.2 Å². The van der Waals surface area contributed by atoms with Crippen molar-refractivity contribution in [2.75, 3.05) is 13.2 Å². The molecule has 0 spiro atoms. The van der Waals surface area contributed by atoms with Gasteiger partial charge in [0.25, 0.3) is 5.56 Å². The number of hydrogen-bond acceptors (Lipinski definition) is 6. The van der Waals surface area contributed by atoms with Crippen LogP contribution in [0, 0.1) is 12.8 Å². The van der Waals surface area contributed by atoms with Gasteiger partial charge in [-0.25, -0.2) is 4.68 Å². The lowest BCUT2D eigenvalue weighted by molar-refractivity contribution is 0.0375. The standard InChI is InChI=1S/C27H38N6O2/c1-18(2)25(26-29-30-31-33(26)22-8-5-4-6-9-22)32(17-23-10-7-13-35-23)16-21-15-20-14-19(3)11-12-24(20)28-27(21)34/h11-12,14-15,18,22-23,25H,4-10,13,16-17H2,1-3H3,(H,28,34)/t23-,25+/m1/s1. The molecule has 2 aliphatic rings. The van der Waals surface area contributed by atoms with Gasteiger partial charge in [-0.05, 0) is 72.5 Å². The average molecular weight is 479 g/mol. The van der Waals surface area contributed by atoms with E-state index in [0.29, 0.717) is 12.6 Å². The highest BCUT2D eigenvalue weighted by molar-refractivity contribution is 5.79. The molecule has 0 unspecified atom stereocenters. The van der Waals surface area contributed by atoms with E-state index in [0.717, 1.165) is 61.1 Å². The highest BCUT2D eigenvalue weighted by Gasteiger charge is 2.34. The Kier molecular flexibility index (Phi) is 7.29. The van der Waals surface area contributed by atoms with Crippen molar-refractivity contribution in [3.05, 3.63) is 51.6 Å². The molecule has 35 heavy (non-hydrogen) atoms. The number of nitrogens with zero attached hydrogens (tertiary/aromatic N) is 5. The molecule has 188 valence electrons. The maximum atomic E-state index is 13.1. The fourth-order valence-corrected chi connectivity index (χ4v) is 5.90. The Balaban J connectivity index is 1.51. The smallest absolute Gasteiger partial charge is 0.252 e. The van der Waals surface area contributed by atoms with E-state index in [-0.39, 0.29) is 23.6 Å². The molecule has 5 rings (SSSR count). The molecule has 1 saturated carbocycles. The predicted octanol–water partition coefficient (Wildman–Crippen LogP) is 4.71. The zero-order valence-electron chi connectivity index (χ0n) is 21.2. The number of benzene rings is 1. The third-order valence-electron chi connectivity index (χ3n) is 7.64. The Bertz CT molecular complexity index is 1190. The molecule has 1 aromatic carbocycles. The van der Waals surface area contributed by atoms with Crippen LogP contribution >= 0.6 is 0 Å². The summed E-state index contributed by atoms with van der Waals surface area (Å²) in [4.78, 5) is 18.6. The van der Waals surface area contributed by atoms with Crippen molar-refractivity contribution in [2.24, 2.45) is 5.92 Å². The molecular weight excluding hydrogens is 440 g/mol. The third-order valence-corrected chi connectivity index (χ3v) is 7.64. The van der Waals surface area contributed by atoms with Crippen LogP contribution in [-0.4, -0.2) is 49.3 Å². The van der Waals surface area contributed by atoms with Crippen molar-refractivity contribution in [3.63, 3.8) is 0 Å². The van der Waals surface area contributed by atoms with Gasteiger partial charge in [0, 0.05) is 30.8 Å². The summed E-state index contributed by atoms with van der Waals surface area (Å²) in [6.45, 7) is 8.61. The van der Waals surface area contributed by atoms with Crippen LogP contribution in [0.15, 0.2) is 29.1 Å². The highest BCUT2D eigenvalue weighted by atomic mass is 16.5. The minimum absolute atomic E-state index is 0.0104. The van der Waals surface area contributed by atoms with E-state index < -0.39 is 0 Å². The first-order chi connectivity index (χ1) is 17.0. The van der Waals surface area contributed by atoms with Crippen molar-refractivity contribution >= 4 is 10.9 Å². The summed E-state index contributed by atoms with van der Waals surface area (Å²) < 4.78 is 8.13. The highest BCUT2D eigenvalue weighted by Crippen LogP contribution is 2.34. The van der Waals surface area contributed by atoms with Crippen molar-refractivity contribution in [1.82, 2.24) is 30.1 Å². The Morgan fingerprint density at radius 1 is 1.14 bits per heavy atom. The number of hydrogen-bond donors (Lipinski definition) is 1. The van der Waals surface area contributed by atoms with E-state index in [1.807, 2.05) is 18.2 Å². The predicted molar refractivity (Wildman–Crippen MR) is 136 cm³/mol. The molecule has 8 nitrogen and oxygen atoms in total. The summed E-state index contributed by atoms with van der Waals surface area (Å²) >= 11 is 0. The van der Waals surface area contributed by atoms with Gasteiger partial charge in [0.2, 0.25) is 0 Å². The molecule has 2 aromatic heterocycles. The molecule has 0 bridgehead atoms. The van der Waals surface area contributed by atoms with Gasteiger partial charge in [-0.3, -0.25) is 9.69 Å². The van der Waals surface area contributed by atoms with Gasteiger partial charge in [-0.1, -0.05) is 44.7 Å². The summed E-state index contributed by atoms with van der Waals surface area (Å²) in [5, 5.41) is 14.2. The molecule has 8 heteroatoms. The topological polar surface area (TPSA) is 88.9 Å². The molecule has 1 saturated heterocycles. The first kappa shape index (κ1) is 24.1. The van der Waals surface area contributed by atoms with Crippen molar-refractivity contribution < 1.29 is 4.74 Å². The first-order valence-electron chi connectivity index (χ1n) is 13.3. The Labute approximate surface area is 207 Å². The molecular formula is C27H38N6O2. The number of tetrazole rings is 1. The van der Waals surface area contributed by atoms with E-state index in [4.69, 9.17) is 4.74 Å². The second-order valence-electron chi connectivity index (χ2n) is 10.7. The van der Waals surface area contributed by atoms with Crippen LogP contribution in [0.4, 0.5) is 0 Å². The van der Waals surface area contributed by atoms with Gasteiger partial charge in [0.15, 0.2) is 5.82 Å². The molecule has 2 atom stereocenters. The summed E-state index contributed by atoms with van der Waals surface area (Å²) in [6.07, 6.45) is 8.27. The van der Waals surface area contributed by atoms with E-state index in [1.165, 1.54) is 24.8 Å². The average Bonchev–Trinajstić information content (AvgIpc) is 3.53. The number of aromatic nitrogens is 5. The maximum absolute atomic E-state index is 13.1. The molecule has 0 amide bonds. The summed E-state index contributed by atoms with van der Waals surface area (Å²) in [7, 11) is 0. The molecule has 3 aromatic rings. The van der Waals surface area contributed by atoms with Crippen LogP contribution in [0.25, 0.3) is 10.9 Å². The van der Waals surface area contributed by atoms with Crippen LogP contribution in [0.5, 0.6) is 0 Å². The van der Waals surface area contributed by atoms with Gasteiger partial charge < -0.3 is 9.72 Å². The lowest BCUT2D eigenvalue weighted by Crippen LogP contribution is -2.40. The van der Waals surface area contributed by atoms with E-state index in [9.17, 15) is 4.79 Å². The zero-order chi connectivity index (χ0) is 24.4. The summed E-state index contributed by atoms with van der Waals surface area (Å²) in [5.74, 6) is 1.18. The van der Waals surface area contributed by atoms with Crippen LogP contribution in [0.1, 0.15) is 87.8 Å². The van der Waals surface area contributed by atoms with Gasteiger partial charge in [0.1, 0.15) is 0 Å². The monoisotopic (exact) mass is 478 g/mol.